The minimum atomic E-state index is -0.563. The summed E-state index contributed by atoms with van der Waals surface area (Å²) < 4.78 is 11.0. The van der Waals surface area contributed by atoms with Gasteiger partial charge in [0.1, 0.15) is 17.0 Å². The molecule has 1 N–H and O–H groups in total. The topological polar surface area (TPSA) is 103 Å². The van der Waals surface area contributed by atoms with Crippen LogP contribution in [-0.2, 0) is 9.47 Å². The van der Waals surface area contributed by atoms with E-state index < -0.39 is 5.60 Å². The third kappa shape index (κ3) is 6.74. The van der Waals surface area contributed by atoms with E-state index in [-0.39, 0.29) is 24.7 Å². The molecule has 0 saturated carbocycles. The zero-order valence-corrected chi connectivity index (χ0v) is 26.3. The Balaban J connectivity index is 1.27. The standard InChI is InChI=1S/C30H35Cl2N7O4/c1-30(2,3)43-29(41)38-14-13-37(16-21(38)17-42-5)20-11-9-19(10-12-20)34-28-33-15-22-26(35-28)36(4)18-39(27(22)40)25-23(31)7-6-8-24(25)32/h6-12,15,21H,13-14,16-18H2,1-5H3,(H,33,34,35)/t21-/m0/s1. The van der Waals surface area contributed by atoms with Crippen molar-refractivity contribution in [3.8, 4) is 0 Å². The van der Waals surface area contributed by atoms with E-state index in [1.165, 1.54) is 11.1 Å². The predicted octanol–water partition coefficient (Wildman–Crippen LogP) is 5.65. The Morgan fingerprint density at radius 2 is 1.79 bits per heavy atom. The number of methoxy groups -OCH3 is 1. The average Bonchev–Trinajstić information content (AvgIpc) is 2.95. The Hall–Kier alpha value is -3.80. The number of benzene rings is 2. The lowest BCUT2D eigenvalue weighted by Gasteiger charge is -2.42. The van der Waals surface area contributed by atoms with Crippen LogP contribution in [0.25, 0.3) is 0 Å². The molecule has 0 spiro atoms. The van der Waals surface area contributed by atoms with Gasteiger partial charge in [0.05, 0.1) is 35.1 Å². The molecule has 228 valence electrons. The second-order valence-corrected chi connectivity index (χ2v) is 12.3. The SMILES string of the molecule is COC[C@@H]1CN(c2ccc(Nc3ncc4c(n3)N(C)CN(c3c(Cl)cccc3Cl)C4=O)cc2)CCN1C(=O)OC(C)(C)C. The summed E-state index contributed by atoms with van der Waals surface area (Å²) in [4.78, 5) is 42.5. The van der Waals surface area contributed by atoms with Crippen molar-refractivity contribution in [2.24, 2.45) is 0 Å². The van der Waals surface area contributed by atoms with Gasteiger partial charge in [-0.15, -0.1) is 0 Å². The van der Waals surface area contributed by atoms with Crippen molar-refractivity contribution in [3.63, 3.8) is 0 Å². The zero-order chi connectivity index (χ0) is 30.9. The van der Waals surface area contributed by atoms with E-state index in [4.69, 9.17) is 32.7 Å². The highest BCUT2D eigenvalue weighted by Gasteiger charge is 2.34. The normalized spacial score (nSPS) is 17.2. The minimum absolute atomic E-state index is 0.139. The minimum Gasteiger partial charge on any atom is -0.444 e. The number of para-hydroxylation sites is 1. The van der Waals surface area contributed by atoms with E-state index in [0.29, 0.717) is 59.3 Å². The van der Waals surface area contributed by atoms with Crippen molar-refractivity contribution in [2.45, 2.75) is 32.4 Å². The average molecular weight is 629 g/mol. The summed E-state index contributed by atoms with van der Waals surface area (Å²) in [5.74, 6) is 0.588. The fraction of sp³-hybridized carbons (Fsp3) is 0.400. The molecule has 0 unspecified atom stereocenters. The van der Waals surface area contributed by atoms with Crippen LogP contribution in [0.2, 0.25) is 10.0 Å². The number of hydrogen-bond donors (Lipinski definition) is 1. The Bertz CT molecular complexity index is 1480. The number of halogens is 2. The van der Waals surface area contributed by atoms with Gasteiger partial charge in [-0.05, 0) is 57.2 Å². The molecule has 11 nitrogen and oxygen atoms in total. The van der Waals surface area contributed by atoms with E-state index in [1.54, 1.807) is 30.2 Å². The third-order valence-electron chi connectivity index (χ3n) is 7.13. The quantitative estimate of drug-likeness (QED) is 0.371. The maximum Gasteiger partial charge on any atom is 0.410 e. The molecule has 2 aliphatic rings. The fourth-order valence-corrected chi connectivity index (χ4v) is 5.75. The van der Waals surface area contributed by atoms with E-state index in [9.17, 15) is 9.59 Å². The van der Waals surface area contributed by atoms with E-state index in [2.05, 4.69) is 20.2 Å². The van der Waals surface area contributed by atoms with Crippen LogP contribution in [0.15, 0.2) is 48.7 Å². The summed E-state index contributed by atoms with van der Waals surface area (Å²) in [6.07, 6.45) is 1.18. The molecule has 1 atom stereocenters. The molecule has 5 rings (SSSR count). The molecule has 2 aromatic carbocycles. The smallest absolute Gasteiger partial charge is 0.410 e. The molecule has 0 radical (unpaired) electrons. The molecule has 1 aromatic heterocycles. The highest BCUT2D eigenvalue weighted by atomic mass is 35.5. The maximum atomic E-state index is 13.3. The summed E-state index contributed by atoms with van der Waals surface area (Å²) in [7, 11) is 3.47. The van der Waals surface area contributed by atoms with Crippen LogP contribution in [0.1, 0.15) is 31.1 Å². The number of aromatic nitrogens is 2. The monoisotopic (exact) mass is 627 g/mol. The van der Waals surface area contributed by atoms with E-state index >= 15 is 0 Å². The van der Waals surface area contributed by atoms with Crippen molar-refractivity contribution < 1.29 is 19.1 Å². The van der Waals surface area contributed by atoms with Gasteiger partial charge >= 0.3 is 6.09 Å². The van der Waals surface area contributed by atoms with Gasteiger partial charge in [0.2, 0.25) is 5.95 Å². The Morgan fingerprint density at radius 1 is 1.09 bits per heavy atom. The molecule has 3 aromatic rings. The van der Waals surface area contributed by atoms with Gasteiger partial charge < -0.3 is 24.6 Å². The molecule has 3 heterocycles. The van der Waals surface area contributed by atoms with Crippen LogP contribution in [-0.4, -0.2) is 85.6 Å². The number of carbonyl (C=O) groups is 2. The number of carbonyl (C=O) groups excluding carboxylic acids is 2. The number of piperazine rings is 1. The molecule has 1 saturated heterocycles. The first kappa shape index (κ1) is 30.7. The second-order valence-electron chi connectivity index (χ2n) is 11.5. The number of hydrogen-bond acceptors (Lipinski definition) is 9. The lowest BCUT2D eigenvalue weighted by Crippen LogP contribution is -2.57. The first-order chi connectivity index (χ1) is 20.4. The molecule has 0 aliphatic carbocycles. The summed E-state index contributed by atoms with van der Waals surface area (Å²) >= 11 is 12.7. The lowest BCUT2D eigenvalue weighted by atomic mass is 10.1. The van der Waals surface area contributed by atoms with Gasteiger partial charge in [0.15, 0.2) is 0 Å². The van der Waals surface area contributed by atoms with E-state index in [1.807, 2.05) is 57.0 Å². The van der Waals surface area contributed by atoms with Crippen LogP contribution in [0.5, 0.6) is 0 Å². The second kappa shape index (κ2) is 12.4. The van der Waals surface area contributed by atoms with Crippen molar-refractivity contribution >= 4 is 64.0 Å². The van der Waals surface area contributed by atoms with Gasteiger partial charge in [-0.1, -0.05) is 29.3 Å². The number of ether oxygens (including phenoxy) is 2. The summed E-state index contributed by atoms with van der Waals surface area (Å²) in [6, 6.07) is 12.9. The van der Waals surface area contributed by atoms with Crippen LogP contribution < -0.4 is 20.0 Å². The number of nitrogens with one attached hydrogen (secondary N) is 1. The summed E-state index contributed by atoms with van der Waals surface area (Å²) in [6.45, 7) is 8.03. The number of amides is 2. The lowest BCUT2D eigenvalue weighted by molar-refractivity contribution is 0.00343. The summed E-state index contributed by atoms with van der Waals surface area (Å²) in [5, 5.41) is 4.01. The molecule has 2 aliphatic heterocycles. The van der Waals surface area contributed by atoms with Gasteiger partial charge in [-0.25, -0.2) is 9.78 Å². The highest BCUT2D eigenvalue weighted by Crippen LogP contribution is 2.37. The van der Waals surface area contributed by atoms with Crippen molar-refractivity contribution in [3.05, 3.63) is 64.3 Å². The van der Waals surface area contributed by atoms with Crippen LogP contribution >= 0.6 is 23.2 Å². The molecular formula is C30H35Cl2N7O4. The number of nitrogens with zero attached hydrogens (tertiary/aromatic N) is 6. The maximum absolute atomic E-state index is 13.3. The molecule has 13 heteroatoms. The van der Waals surface area contributed by atoms with Crippen LogP contribution in [0.3, 0.4) is 0 Å². The molecule has 1 fully saturated rings. The predicted molar refractivity (Wildman–Crippen MR) is 169 cm³/mol. The van der Waals surface area contributed by atoms with Gasteiger partial charge in [-0.2, -0.15) is 4.98 Å². The Morgan fingerprint density at radius 3 is 2.44 bits per heavy atom. The Labute approximate surface area is 261 Å². The molecular weight excluding hydrogens is 593 g/mol. The number of rotatable bonds is 6. The fourth-order valence-electron chi connectivity index (χ4n) is 5.15. The van der Waals surface area contributed by atoms with Gasteiger partial charge in [0.25, 0.3) is 5.91 Å². The van der Waals surface area contributed by atoms with Crippen molar-refractivity contribution in [1.29, 1.82) is 0 Å². The van der Waals surface area contributed by atoms with Crippen LogP contribution in [0.4, 0.5) is 33.6 Å². The summed E-state index contributed by atoms with van der Waals surface area (Å²) in [5.41, 5.74) is 2.05. The third-order valence-corrected chi connectivity index (χ3v) is 7.74. The zero-order valence-electron chi connectivity index (χ0n) is 24.8. The molecule has 43 heavy (non-hydrogen) atoms. The van der Waals surface area contributed by atoms with Crippen molar-refractivity contribution in [2.75, 3.05) is 67.1 Å². The van der Waals surface area contributed by atoms with Gasteiger partial charge in [0, 0.05) is 51.4 Å². The number of anilines is 5. The van der Waals surface area contributed by atoms with E-state index in [0.717, 1.165) is 11.4 Å². The van der Waals surface area contributed by atoms with Gasteiger partial charge in [-0.3, -0.25) is 14.6 Å². The number of fused-ring (bicyclic) bond motifs is 1. The van der Waals surface area contributed by atoms with Crippen molar-refractivity contribution in [1.82, 2.24) is 14.9 Å². The molecule has 2 amide bonds. The van der Waals surface area contributed by atoms with Crippen LogP contribution in [0, 0.1) is 0 Å². The first-order valence-corrected chi connectivity index (χ1v) is 14.7. The molecule has 0 bridgehead atoms. The highest BCUT2D eigenvalue weighted by molar-refractivity contribution is 6.40. The largest absolute Gasteiger partial charge is 0.444 e. The Kier molecular flexibility index (Phi) is 8.86. The first-order valence-electron chi connectivity index (χ1n) is 13.9.